The van der Waals surface area contributed by atoms with Gasteiger partial charge in [-0.05, 0) is 31.4 Å². The lowest BCUT2D eigenvalue weighted by Gasteiger charge is -2.32. The minimum absolute atomic E-state index is 0.568. The van der Waals surface area contributed by atoms with Gasteiger partial charge in [0.15, 0.2) is 0 Å². The molecule has 0 spiro atoms. The first-order valence-corrected chi connectivity index (χ1v) is 4.94. The Kier molecular flexibility index (Phi) is 2.16. The molecule has 2 heterocycles. The molecule has 0 saturated carbocycles. The summed E-state index contributed by atoms with van der Waals surface area (Å²) in [4.78, 5) is 6.54. The van der Waals surface area contributed by atoms with Gasteiger partial charge in [0, 0.05) is 13.1 Å². The summed E-state index contributed by atoms with van der Waals surface area (Å²) < 4.78 is 0. The molecule has 0 aliphatic carbocycles. The highest BCUT2D eigenvalue weighted by Gasteiger charge is 2.20. The van der Waals surface area contributed by atoms with E-state index < -0.39 is 0 Å². The van der Waals surface area contributed by atoms with E-state index in [-0.39, 0.29) is 0 Å². The molecule has 1 atom stereocenters. The van der Waals surface area contributed by atoms with E-state index in [2.05, 4.69) is 29.9 Å². The van der Waals surface area contributed by atoms with Crippen LogP contribution in [0.1, 0.15) is 18.9 Å². The number of nitrogens with zero attached hydrogens (tertiary/aromatic N) is 2. The van der Waals surface area contributed by atoms with E-state index in [1.165, 1.54) is 12.0 Å². The Morgan fingerprint density at radius 3 is 3.08 bits per heavy atom. The maximum Gasteiger partial charge on any atom is 0.133 e. The van der Waals surface area contributed by atoms with Crippen molar-refractivity contribution in [3.63, 3.8) is 0 Å². The number of pyridine rings is 1. The van der Waals surface area contributed by atoms with Crippen LogP contribution in [-0.2, 0) is 6.42 Å². The second kappa shape index (κ2) is 3.18. The predicted molar refractivity (Wildman–Crippen MR) is 55.4 cm³/mol. The Bertz CT molecular complexity index is 325. The molecule has 2 nitrogen and oxygen atoms in total. The summed E-state index contributed by atoms with van der Waals surface area (Å²) in [7, 11) is 2.08. The topological polar surface area (TPSA) is 16.1 Å². The molecule has 0 aromatic carbocycles. The third-order valence-electron chi connectivity index (χ3n) is 2.75. The summed E-state index contributed by atoms with van der Waals surface area (Å²) in [5, 5.41) is 0.583. The lowest BCUT2D eigenvalue weighted by molar-refractivity contribution is 0.590. The Morgan fingerprint density at radius 1 is 1.54 bits per heavy atom. The van der Waals surface area contributed by atoms with Crippen molar-refractivity contribution in [2.75, 3.05) is 11.9 Å². The van der Waals surface area contributed by atoms with Gasteiger partial charge in [0.1, 0.15) is 11.0 Å². The SMILES string of the molecule is CC1CCc2ccc(Cl)nc2N1C. The van der Waals surface area contributed by atoms with E-state index in [1.807, 2.05) is 6.07 Å². The van der Waals surface area contributed by atoms with Gasteiger partial charge in [-0.1, -0.05) is 17.7 Å². The second-order valence-electron chi connectivity index (χ2n) is 3.62. The third-order valence-corrected chi connectivity index (χ3v) is 2.96. The number of anilines is 1. The van der Waals surface area contributed by atoms with E-state index in [9.17, 15) is 0 Å². The standard InChI is InChI=1S/C10H13ClN2/c1-7-3-4-8-5-6-9(11)12-10(8)13(7)2/h5-7H,3-4H2,1-2H3. The summed E-state index contributed by atoms with van der Waals surface area (Å²) in [6.07, 6.45) is 2.32. The molecule has 70 valence electrons. The van der Waals surface area contributed by atoms with Gasteiger partial charge in [0.2, 0.25) is 0 Å². The first-order chi connectivity index (χ1) is 6.18. The second-order valence-corrected chi connectivity index (χ2v) is 4.00. The van der Waals surface area contributed by atoms with Gasteiger partial charge in [-0.15, -0.1) is 0 Å². The van der Waals surface area contributed by atoms with E-state index in [0.29, 0.717) is 11.2 Å². The molecule has 1 aromatic heterocycles. The quantitative estimate of drug-likeness (QED) is 0.593. The largest absolute Gasteiger partial charge is 0.357 e. The fourth-order valence-corrected chi connectivity index (χ4v) is 1.86. The van der Waals surface area contributed by atoms with Crippen LogP contribution in [0.2, 0.25) is 5.15 Å². The number of fused-ring (bicyclic) bond motifs is 1. The molecule has 1 unspecified atom stereocenters. The van der Waals surface area contributed by atoms with E-state index >= 15 is 0 Å². The van der Waals surface area contributed by atoms with Crippen molar-refractivity contribution in [2.24, 2.45) is 0 Å². The number of aryl methyl sites for hydroxylation is 1. The summed E-state index contributed by atoms with van der Waals surface area (Å²) in [5.74, 6) is 1.05. The number of hydrogen-bond acceptors (Lipinski definition) is 2. The average Bonchev–Trinajstić information content (AvgIpc) is 2.12. The fraction of sp³-hybridized carbons (Fsp3) is 0.500. The fourth-order valence-electron chi connectivity index (χ4n) is 1.72. The van der Waals surface area contributed by atoms with Gasteiger partial charge in [0.25, 0.3) is 0 Å². The number of halogens is 1. The number of hydrogen-bond donors (Lipinski definition) is 0. The van der Waals surface area contributed by atoms with Crippen molar-refractivity contribution < 1.29 is 0 Å². The molecular formula is C10H13ClN2. The van der Waals surface area contributed by atoms with Crippen LogP contribution in [0.4, 0.5) is 5.82 Å². The molecule has 1 aliphatic heterocycles. The lowest BCUT2D eigenvalue weighted by Crippen LogP contribution is -2.34. The van der Waals surface area contributed by atoms with Crippen molar-refractivity contribution in [3.8, 4) is 0 Å². The van der Waals surface area contributed by atoms with Crippen LogP contribution < -0.4 is 4.90 Å². The first-order valence-electron chi connectivity index (χ1n) is 4.57. The maximum atomic E-state index is 5.85. The van der Waals surface area contributed by atoms with Crippen LogP contribution >= 0.6 is 11.6 Å². The van der Waals surface area contributed by atoms with Crippen LogP contribution in [-0.4, -0.2) is 18.1 Å². The smallest absolute Gasteiger partial charge is 0.133 e. The summed E-state index contributed by atoms with van der Waals surface area (Å²) in [6, 6.07) is 4.51. The number of aromatic nitrogens is 1. The number of rotatable bonds is 0. The van der Waals surface area contributed by atoms with E-state index in [1.54, 1.807) is 0 Å². The molecule has 0 N–H and O–H groups in total. The molecule has 0 radical (unpaired) electrons. The van der Waals surface area contributed by atoms with Crippen molar-refractivity contribution in [3.05, 3.63) is 22.8 Å². The first kappa shape index (κ1) is 8.82. The minimum Gasteiger partial charge on any atom is -0.357 e. The molecule has 1 aliphatic rings. The van der Waals surface area contributed by atoms with E-state index in [4.69, 9.17) is 11.6 Å². The van der Waals surface area contributed by atoms with Gasteiger partial charge in [0.05, 0.1) is 0 Å². The monoisotopic (exact) mass is 196 g/mol. The Morgan fingerprint density at radius 2 is 2.31 bits per heavy atom. The molecular weight excluding hydrogens is 184 g/mol. The summed E-state index contributed by atoms with van der Waals surface area (Å²) in [5.41, 5.74) is 1.31. The zero-order valence-corrected chi connectivity index (χ0v) is 8.67. The summed E-state index contributed by atoms with van der Waals surface area (Å²) in [6.45, 7) is 2.21. The van der Waals surface area contributed by atoms with Gasteiger partial charge in [-0.2, -0.15) is 0 Å². The normalized spacial score (nSPS) is 21.5. The third kappa shape index (κ3) is 1.51. The van der Waals surface area contributed by atoms with Gasteiger partial charge in [-0.25, -0.2) is 4.98 Å². The zero-order valence-electron chi connectivity index (χ0n) is 7.92. The van der Waals surface area contributed by atoms with Crippen LogP contribution in [0.15, 0.2) is 12.1 Å². The Balaban J connectivity index is 2.45. The van der Waals surface area contributed by atoms with Crippen molar-refractivity contribution in [1.29, 1.82) is 0 Å². The van der Waals surface area contributed by atoms with Gasteiger partial charge in [-0.3, -0.25) is 0 Å². The molecule has 1 aromatic rings. The molecule has 2 rings (SSSR count). The van der Waals surface area contributed by atoms with Crippen molar-refractivity contribution >= 4 is 17.4 Å². The average molecular weight is 197 g/mol. The van der Waals surface area contributed by atoms with Crippen LogP contribution in [0.3, 0.4) is 0 Å². The molecule has 0 bridgehead atoms. The molecule has 0 fully saturated rings. The van der Waals surface area contributed by atoms with Gasteiger partial charge < -0.3 is 4.90 Å². The highest BCUT2D eigenvalue weighted by atomic mass is 35.5. The Labute approximate surface area is 83.5 Å². The minimum atomic E-state index is 0.568. The maximum absolute atomic E-state index is 5.85. The van der Waals surface area contributed by atoms with Crippen LogP contribution in [0.5, 0.6) is 0 Å². The van der Waals surface area contributed by atoms with Crippen LogP contribution in [0.25, 0.3) is 0 Å². The molecule has 13 heavy (non-hydrogen) atoms. The lowest BCUT2D eigenvalue weighted by atomic mass is 10.0. The molecule has 0 saturated heterocycles. The summed E-state index contributed by atoms with van der Waals surface area (Å²) >= 11 is 5.85. The highest BCUT2D eigenvalue weighted by molar-refractivity contribution is 6.29. The highest BCUT2D eigenvalue weighted by Crippen LogP contribution is 2.28. The molecule has 3 heteroatoms. The Hall–Kier alpha value is -0.760. The van der Waals surface area contributed by atoms with Crippen LogP contribution in [0, 0.1) is 0 Å². The predicted octanol–water partition coefficient (Wildman–Crippen LogP) is 2.51. The van der Waals surface area contributed by atoms with Crippen molar-refractivity contribution in [1.82, 2.24) is 4.98 Å². The zero-order chi connectivity index (χ0) is 9.42. The van der Waals surface area contributed by atoms with Crippen molar-refractivity contribution in [2.45, 2.75) is 25.8 Å². The van der Waals surface area contributed by atoms with E-state index in [0.717, 1.165) is 12.2 Å². The molecule has 0 amide bonds. The van der Waals surface area contributed by atoms with Gasteiger partial charge >= 0.3 is 0 Å².